The number of pyridine rings is 1. The lowest BCUT2D eigenvalue weighted by molar-refractivity contribution is -0.128. The molecule has 1 N–H and O–H groups in total. The van der Waals surface area contributed by atoms with Crippen LogP contribution in [0.15, 0.2) is 53.4 Å². The van der Waals surface area contributed by atoms with E-state index in [1.54, 1.807) is 24.3 Å². The number of rotatable bonds is 7. The van der Waals surface area contributed by atoms with Crippen molar-refractivity contribution in [3.05, 3.63) is 54.7 Å². The van der Waals surface area contributed by atoms with E-state index >= 15 is 0 Å². The Morgan fingerprint density at radius 3 is 2.64 bits per heavy atom. The van der Waals surface area contributed by atoms with Gasteiger partial charge in [-0.15, -0.1) is 0 Å². The molecule has 3 aliphatic rings. The summed E-state index contributed by atoms with van der Waals surface area (Å²) in [7, 11) is 1.80. The number of hydrogen-bond donors (Lipinski definition) is 1. The van der Waals surface area contributed by atoms with Gasteiger partial charge in [-0.05, 0) is 31.0 Å². The molecular formula is C27H29N9O3. The lowest BCUT2D eigenvalue weighted by Gasteiger charge is -2.34. The summed E-state index contributed by atoms with van der Waals surface area (Å²) in [4.78, 5) is 30.4. The zero-order valence-corrected chi connectivity index (χ0v) is 21.6. The van der Waals surface area contributed by atoms with Crippen LogP contribution in [-0.2, 0) is 9.53 Å². The first-order chi connectivity index (χ1) is 19.1. The van der Waals surface area contributed by atoms with Crippen molar-refractivity contribution >= 4 is 17.5 Å². The van der Waals surface area contributed by atoms with Crippen molar-refractivity contribution < 1.29 is 14.1 Å². The van der Waals surface area contributed by atoms with Crippen LogP contribution in [0.3, 0.4) is 0 Å². The fourth-order valence-corrected chi connectivity index (χ4v) is 5.42. The molecule has 3 aliphatic heterocycles. The number of amides is 1. The van der Waals surface area contributed by atoms with Gasteiger partial charge in [0.05, 0.1) is 54.3 Å². The number of likely N-dealkylation sites (N-methyl/N-ethyl adjacent to an activating group) is 1. The minimum atomic E-state index is -0.288. The van der Waals surface area contributed by atoms with Crippen LogP contribution in [0.2, 0.25) is 0 Å². The Kier molecular flexibility index (Phi) is 6.05. The Morgan fingerprint density at radius 2 is 1.85 bits per heavy atom. The molecule has 1 amide bonds. The monoisotopic (exact) mass is 527 g/mol. The van der Waals surface area contributed by atoms with Crippen LogP contribution >= 0.6 is 0 Å². The first-order valence-electron chi connectivity index (χ1n) is 13.3. The van der Waals surface area contributed by atoms with Gasteiger partial charge in [0.2, 0.25) is 11.9 Å². The molecule has 0 radical (unpaired) electrons. The van der Waals surface area contributed by atoms with Crippen molar-refractivity contribution in [1.82, 2.24) is 39.7 Å². The summed E-state index contributed by atoms with van der Waals surface area (Å²) in [6, 6.07) is 10.2. The maximum atomic E-state index is 12.4. The van der Waals surface area contributed by atoms with Gasteiger partial charge in [0.15, 0.2) is 0 Å². The standard InChI is InChI=1S/C27H29N9O3/c1-34-9-7-20(26(34)37)25-11-24(33-39-25)22-4-2-3-21(31-22)23-5-8-28-27(32-23)30-17-12-29-36(13-17)18-6-10-35(14-18)19-15-38-16-19/h2-5,8,11-13,18-20H,6-7,9-10,14-16H2,1H3,(H,28,30,32)/t18?,20-/m0/s1. The molecule has 4 aromatic heterocycles. The minimum absolute atomic E-state index is 0.0555. The van der Waals surface area contributed by atoms with Gasteiger partial charge in [0, 0.05) is 45.1 Å². The third-order valence-electron chi connectivity index (χ3n) is 7.79. The second-order valence-corrected chi connectivity index (χ2v) is 10.4. The van der Waals surface area contributed by atoms with Crippen LogP contribution in [0, 0.1) is 0 Å². The van der Waals surface area contributed by atoms with Crippen LogP contribution in [0.25, 0.3) is 22.8 Å². The molecule has 3 saturated heterocycles. The molecule has 12 nitrogen and oxygen atoms in total. The normalized spacial score (nSPS) is 22.0. The van der Waals surface area contributed by atoms with Gasteiger partial charge in [-0.25, -0.2) is 15.0 Å². The van der Waals surface area contributed by atoms with E-state index in [1.165, 1.54) is 0 Å². The molecular weight excluding hydrogens is 498 g/mol. The SMILES string of the molecule is CN1CC[C@@H](c2cc(-c3cccc(-c4ccnc(Nc5cnn(C6CCN(C7COC7)C6)c5)n4)n3)no2)C1=O. The minimum Gasteiger partial charge on any atom is -0.378 e. The smallest absolute Gasteiger partial charge is 0.233 e. The largest absolute Gasteiger partial charge is 0.378 e. The second-order valence-electron chi connectivity index (χ2n) is 10.4. The Balaban J connectivity index is 1.05. The number of anilines is 2. The van der Waals surface area contributed by atoms with Crippen molar-refractivity contribution in [2.75, 3.05) is 45.2 Å². The molecule has 39 heavy (non-hydrogen) atoms. The highest BCUT2D eigenvalue weighted by molar-refractivity contribution is 5.85. The van der Waals surface area contributed by atoms with E-state index in [9.17, 15) is 4.79 Å². The number of carbonyl (C=O) groups excluding carboxylic acids is 1. The average Bonchev–Trinajstić information content (AvgIpc) is 3.73. The molecule has 0 spiro atoms. The summed E-state index contributed by atoms with van der Waals surface area (Å²) in [6.07, 6.45) is 7.32. The molecule has 7 rings (SSSR count). The quantitative estimate of drug-likeness (QED) is 0.383. The van der Waals surface area contributed by atoms with Crippen molar-refractivity contribution in [3.8, 4) is 22.8 Å². The fourth-order valence-electron chi connectivity index (χ4n) is 5.42. The number of aromatic nitrogens is 6. The van der Waals surface area contributed by atoms with E-state index in [0.717, 1.165) is 44.8 Å². The maximum Gasteiger partial charge on any atom is 0.233 e. The summed E-state index contributed by atoms with van der Waals surface area (Å²) in [5.74, 6) is 0.804. The highest BCUT2D eigenvalue weighted by Gasteiger charge is 2.34. The Bertz CT molecular complexity index is 1500. The lowest BCUT2D eigenvalue weighted by Crippen LogP contribution is -2.47. The van der Waals surface area contributed by atoms with Crippen LogP contribution in [-0.4, -0.2) is 91.5 Å². The Morgan fingerprint density at radius 1 is 1.00 bits per heavy atom. The molecule has 1 unspecified atom stereocenters. The summed E-state index contributed by atoms with van der Waals surface area (Å²) in [6.45, 7) is 4.45. The van der Waals surface area contributed by atoms with Gasteiger partial charge in [-0.1, -0.05) is 11.2 Å². The molecule has 4 aromatic rings. The van der Waals surface area contributed by atoms with Gasteiger partial charge in [0.1, 0.15) is 17.4 Å². The molecule has 3 fully saturated rings. The lowest BCUT2D eigenvalue weighted by atomic mass is 10.0. The number of likely N-dealkylation sites (tertiary alicyclic amines) is 2. The molecule has 0 aliphatic carbocycles. The van der Waals surface area contributed by atoms with Gasteiger partial charge in [-0.3, -0.25) is 14.4 Å². The van der Waals surface area contributed by atoms with Crippen LogP contribution in [0.4, 0.5) is 11.6 Å². The van der Waals surface area contributed by atoms with Gasteiger partial charge in [-0.2, -0.15) is 5.10 Å². The zero-order chi connectivity index (χ0) is 26.3. The third kappa shape index (κ3) is 4.66. The second kappa shape index (κ2) is 9.86. The summed E-state index contributed by atoms with van der Waals surface area (Å²) in [5, 5.41) is 12.0. The molecule has 12 heteroatoms. The summed E-state index contributed by atoms with van der Waals surface area (Å²) in [5.41, 5.74) is 3.42. The summed E-state index contributed by atoms with van der Waals surface area (Å²) >= 11 is 0. The van der Waals surface area contributed by atoms with Crippen LogP contribution < -0.4 is 5.32 Å². The first-order valence-corrected chi connectivity index (χ1v) is 13.3. The van der Waals surface area contributed by atoms with Crippen molar-refractivity contribution in [1.29, 1.82) is 0 Å². The van der Waals surface area contributed by atoms with Gasteiger partial charge in [0.25, 0.3) is 0 Å². The number of nitrogens with one attached hydrogen (secondary N) is 1. The van der Waals surface area contributed by atoms with E-state index in [2.05, 4.69) is 30.4 Å². The topological polar surface area (TPSA) is 127 Å². The molecule has 7 heterocycles. The van der Waals surface area contributed by atoms with Gasteiger partial charge >= 0.3 is 0 Å². The zero-order valence-electron chi connectivity index (χ0n) is 21.6. The predicted octanol–water partition coefficient (Wildman–Crippen LogP) is 2.73. The Hall–Kier alpha value is -4.16. The number of carbonyl (C=O) groups is 1. The van der Waals surface area contributed by atoms with E-state index in [1.807, 2.05) is 41.2 Å². The van der Waals surface area contributed by atoms with E-state index in [4.69, 9.17) is 14.2 Å². The highest BCUT2D eigenvalue weighted by atomic mass is 16.5. The van der Waals surface area contributed by atoms with E-state index in [0.29, 0.717) is 53.1 Å². The fraction of sp³-hybridized carbons (Fsp3) is 0.407. The molecule has 0 aromatic carbocycles. The van der Waals surface area contributed by atoms with Crippen molar-refractivity contribution in [3.63, 3.8) is 0 Å². The van der Waals surface area contributed by atoms with E-state index in [-0.39, 0.29) is 11.8 Å². The molecule has 2 atom stereocenters. The molecule has 0 bridgehead atoms. The maximum absolute atomic E-state index is 12.4. The predicted molar refractivity (Wildman–Crippen MR) is 141 cm³/mol. The highest BCUT2D eigenvalue weighted by Crippen LogP contribution is 2.31. The van der Waals surface area contributed by atoms with Crippen LogP contribution in [0.5, 0.6) is 0 Å². The van der Waals surface area contributed by atoms with Crippen molar-refractivity contribution in [2.45, 2.75) is 30.8 Å². The van der Waals surface area contributed by atoms with E-state index < -0.39 is 0 Å². The molecule has 0 saturated carbocycles. The Labute approximate surface area is 225 Å². The number of nitrogens with zero attached hydrogens (tertiary/aromatic N) is 8. The summed E-state index contributed by atoms with van der Waals surface area (Å²) < 4.78 is 12.9. The third-order valence-corrected chi connectivity index (χ3v) is 7.79. The van der Waals surface area contributed by atoms with Crippen LogP contribution in [0.1, 0.15) is 30.6 Å². The van der Waals surface area contributed by atoms with Gasteiger partial charge < -0.3 is 19.5 Å². The number of ether oxygens (including phenoxy) is 1. The first kappa shape index (κ1) is 23.9. The number of hydrogen-bond acceptors (Lipinski definition) is 10. The molecule has 200 valence electrons. The average molecular weight is 528 g/mol. The van der Waals surface area contributed by atoms with Crippen molar-refractivity contribution in [2.24, 2.45) is 0 Å².